The van der Waals surface area contributed by atoms with Crippen LogP contribution >= 0.6 is 0 Å². The monoisotopic (exact) mass is 262 g/mol. The molecule has 2 bridgehead atoms. The van der Waals surface area contributed by atoms with Crippen molar-refractivity contribution in [2.24, 2.45) is 11.8 Å². The summed E-state index contributed by atoms with van der Waals surface area (Å²) >= 11 is 0. The molecule has 0 saturated carbocycles. The molecule has 1 aromatic heterocycles. The third-order valence-corrected chi connectivity index (χ3v) is 3.79. The third-order valence-electron chi connectivity index (χ3n) is 3.79. The maximum atomic E-state index is 12.2. The number of carboxylic acids is 1. The third kappa shape index (κ3) is 2.08. The maximum Gasteiger partial charge on any atom is 0.310 e. The summed E-state index contributed by atoms with van der Waals surface area (Å²) < 4.78 is 5.56. The van der Waals surface area contributed by atoms with Gasteiger partial charge in [0.1, 0.15) is 0 Å². The van der Waals surface area contributed by atoms with Gasteiger partial charge in [0.25, 0.3) is 0 Å². The van der Waals surface area contributed by atoms with E-state index in [2.05, 4.69) is 10.3 Å². The summed E-state index contributed by atoms with van der Waals surface area (Å²) in [6.45, 7) is 0. The van der Waals surface area contributed by atoms with Crippen molar-refractivity contribution in [3.63, 3.8) is 0 Å². The number of ether oxygens (including phenoxy) is 1. The van der Waals surface area contributed by atoms with Crippen LogP contribution in [0.2, 0.25) is 0 Å². The van der Waals surface area contributed by atoms with Gasteiger partial charge in [-0.05, 0) is 25.0 Å². The molecule has 0 spiro atoms. The molecular formula is C13H14N2O4. The van der Waals surface area contributed by atoms with Crippen LogP contribution in [0.5, 0.6) is 0 Å². The van der Waals surface area contributed by atoms with Gasteiger partial charge >= 0.3 is 5.97 Å². The molecule has 0 aliphatic carbocycles. The Bertz CT molecular complexity index is 505. The zero-order valence-corrected chi connectivity index (χ0v) is 10.2. The molecule has 2 fully saturated rings. The highest BCUT2D eigenvalue weighted by Crippen LogP contribution is 2.44. The lowest BCUT2D eigenvalue weighted by atomic mass is 9.78. The highest BCUT2D eigenvalue weighted by molar-refractivity contribution is 5.96. The molecule has 2 aliphatic rings. The van der Waals surface area contributed by atoms with Crippen LogP contribution in [-0.4, -0.2) is 34.2 Å². The molecule has 100 valence electrons. The van der Waals surface area contributed by atoms with E-state index in [0.717, 1.165) is 12.8 Å². The lowest BCUT2D eigenvalue weighted by Gasteiger charge is -2.23. The second-order valence-corrected chi connectivity index (χ2v) is 4.91. The average Bonchev–Trinajstić information content (AvgIpc) is 2.99. The molecular weight excluding hydrogens is 248 g/mol. The second kappa shape index (κ2) is 4.62. The van der Waals surface area contributed by atoms with Crippen LogP contribution in [0, 0.1) is 11.8 Å². The molecule has 3 rings (SSSR count). The predicted molar refractivity (Wildman–Crippen MR) is 65.4 cm³/mol. The Morgan fingerprint density at radius 3 is 2.68 bits per heavy atom. The van der Waals surface area contributed by atoms with Gasteiger partial charge < -0.3 is 15.2 Å². The zero-order valence-electron chi connectivity index (χ0n) is 10.2. The number of anilines is 1. The quantitative estimate of drug-likeness (QED) is 0.844. The molecule has 6 nitrogen and oxygen atoms in total. The SMILES string of the molecule is O=C(O)[C@@H]1[C@H](C(=O)Nc2cccnc2)[C@H]2CC[C@H]1O2. The number of carboxylic acid groups (broad SMARTS) is 1. The van der Waals surface area contributed by atoms with Crippen LogP contribution in [0.1, 0.15) is 12.8 Å². The molecule has 2 saturated heterocycles. The second-order valence-electron chi connectivity index (χ2n) is 4.91. The fraction of sp³-hybridized carbons (Fsp3) is 0.462. The minimum absolute atomic E-state index is 0.275. The van der Waals surface area contributed by atoms with Crippen molar-refractivity contribution >= 4 is 17.6 Å². The Hall–Kier alpha value is -1.95. The fourth-order valence-corrected chi connectivity index (χ4v) is 2.99. The number of amides is 1. The Labute approximate surface area is 109 Å². The molecule has 19 heavy (non-hydrogen) atoms. The number of aromatic nitrogens is 1. The number of rotatable bonds is 3. The van der Waals surface area contributed by atoms with Gasteiger partial charge in [-0.1, -0.05) is 0 Å². The van der Waals surface area contributed by atoms with Crippen molar-refractivity contribution in [1.29, 1.82) is 0 Å². The summed E-state index contributed by atoms with van der Waals surface area (Å²) in [7, 11) is 0. The Kier molecular flexibility index (Phi) is 2.94. The summed E-state index contributed by atoms with van der Waals surface area (Å²) in [4.78, 5) is 27.4. The number of hydrogen-bond acceptors (Lipinski definition) is 4. The minimum Gasteiger partial charge on any atom is -0.481 e. The molecule has 6 heteroatoms. The number of hydrogen-bond donors (Lipinski definition) is 2. The first kappa shape index (κ1) is 12.1. The van der Waals surface area contributed by atoms with E-state index in [1.165, 1.54) is 6.20 Å². The van der Waals surface area contributed by atoms with Gasteiger partial charge in [0, 0.05) is 6.20 Å². The lowest BCUT2D eigenvalue weighted by Crippen LogP contribution is -2.40. The topological polar surface area (TPSA) is 88.5 Å². The Morgan fingerprint density at radius 1 is 1.32 bits per heavy atom. The van der Waals surface area contributed by atoms with Crippen molar-refractivity contribution in [1.82, 2.24) is 4.98 Å². The van der Waals surface area contributed by atoms with Gasteiger partial charge in [-0.15, -0.1) is 0 Å². The summed E-state index contributed by atoms with van der Waals surface area (Å²) in [6, 6.07) is 3.43. The number of nitrogens with zero attached hydrogens (tertiary/aromatic N) is 1. The van der Waals surface area contributed by atoms with E-state index in [-0.39, 0.29) is 18.1 Å². The number of carbonyl (C=O) groups excluding carboxylic acids is 1. The summed E-state index contributed by atoms with van der Waals surface area (Å²) in [5.74, 6) is -2.61. The normalized spacial score (nSPS) is 32.2. The van der Waals surface area contributed by atoms with Crippen molar-refractivity contribution in [3.8, 4) is 0 Å². The van der Waals surface area contributed by atoms with E-state index >= 15 is 0 Å². The van der Waals surface area contributed by atoms with Crippen LogP contribution in [0.3, 0.4) is 0 Å². The number of carbonyl (C=O) groups is 2. The maximum absolute atomic E-state index is 12.2. The standard InChI is InChI=1S/C13H14N2O4/c16-12(15-7-2-1-5-14-6-7)10-8-3-4-9(19-8)11(10)13(17)18/h1-2,5-6,8-11H,3-4H2,(H,15,16)(H,17,18)/t8-,9-,10-,11+/m1/s1. The Morgan fingerprint density at radius 2 is 2.05 bits per heavy atom. The summed E-state index contributed by atoms with van der Waals surface area (Å²) in [6.07, 6.45) is 4.01. The van der Waals surface area contributed by atoms with E-state index in [1.54, 1.807) is 18.3 Å². The van der Waals surface area contributed by atoms with Crippen molar-refractivity contribution in [2.45, 2.75) is 25.0 Å². The number of nitrogens with one attached hydrogen (secondary N) is 1. The molecule has 0 unspecified atom stereocenters. The van der Waals surface area contributed by atoms with Crippen LogP contribution in [-0.2, 0) is 14.3 Å². The van der Waals surface area contributed by atoms with Gasteiger partial charge in [-0.3, -0.25) is 14.6 Å². The van der Waals surface area contributed by atoms with Crippen molar-refractivity contribution in [2.75, 3.05) is 5.32 Å². The number of aliphatic carboxylic acids is 1. The van der Waals surface area contributed by atoms with E-state index in [9.17, 15) is 14.7 Å². The molecule has 2 N–H and O–H groups in total. The first-order valence-electron chi connectivity index (χ1n) is 6.26. The van der Waals surface area contributed by atoms with Gasteiger partial charge in [-0.2, -0.15) is 0 Å². The molecule has 3 heterocycles. The minimum atomic E-state index is -0.960. The fourth-order valence-electron chi connectivity index (χ4n) is 2.99. The van der Waals surface area contributed by atoms with Crippen LogP contribution in [0.25, 0.3) is 0 Å². The zero-order chi connectivity index (χ0) is 13.4. The van der Waals surface area contributed by atoms with E-state index in [1.807, 2.05) is 0 Å². The predicted octanol–water partition coefficient (Wildman–Crippen LogP) is 0.898. The molecule has 0 aromatic carbocycles. The lowest BCUT2D eigenvalue weighted by molar-refractivity contribution is -0.147. The van der Waals surface area contributed by atoms with E-state index in [0.29, 0.717) is 5.69 Å². The largest absolute Gasteiger partial charge is 0.481 e. The molecule has 2 aliphatic heterocycles. The Balaban J connectivity index is 1.77. The summed E-state index contributed by atoms with van der Waals surface area (Å²) in [5.41, 5.74) is 0.569. The van der Waals surface area contributed by atoms with Gasteiger partial charge in [-0.25, -0.2) is 0 Å². The smallest absolute Gasteiger partial charge is 0.310 e. The van der Waals surface area contributed by atoms with Gasteiger partial charge in [0.05, 0.1) is 35.9 Å². The van der Waals surface area contributed by atoms with Crippen LogP contribution in [0.4, 0.5) is 5.69 Å². The van der Waals surface area contributed by atoms with Crippen molar-refractivity contribution in [3.05, 3.63) is 24.5 Å². The van der Waals surface area contributed by atoms with E-state index in [4.69, 9.17) is 4.74 Å². The highest BCUT2D eigenvalue weighted by atomic mass is 16.5. The molecule has 1 aromatic rings. The van der Waals surface area contributed by atoms with Gasteiger partial charge in [0.15, 0.2) is 0 Å². The van der Waals surface area contributed by atoms with Crippen LogP contribution < -0.4 is 5.32 Å². The first-order chi connectivity index (χ1) is 9.16. The van der Waals surface area contributed by atoms with Crippen molar-refractivity contribution < 1.29 is 19.4 Å². The number of fused-ring (bicyclic) bond motifs is 2. The number of pyridine rings is 1. The molecule has 0 radical (unpaired) electrons. The highest BCUT2D eigenvalue weighted by Gasteiger charge is 2.55. The van der Waals surface area contributed by atoms with Gasteiger partial charge in [0.2, 0.25) is 5.91 Å². The van der Waals surface area contributed by atoms with Crippen LogP contribution in [0.15, 0.2) is 24.5 Å². The van der Waals surface area contributed by atoms with E-state index < -0.39 is 17.8 Å². The average molecular weight is 262 g/mol. The first-order valence-corrected chi connectivity index (χ1v) is 6.26. The molecule has 4 atom stereocenters. The summed E-state index contributed by atoms with van der Waals surface area (Å²) in [5, 5.41) is 12.0. The molecule has 1 amide bonds.